The van der Waals surface area contributed by atoms with Crippen LogP contribution in [0.15, 0.2) is 5.16 Å². The second-order valence-corrected chi connectivity index (χ2v) is 5.43. The highest BCUT2D eigenvalue weighted by molar-refractivity contribution is 6.02. The number of amides is 1. The van der Waals surface area contributed by atoms with Gasteiger partial charge in [-0.2, -0.15) is 0 Å². The molecule has 106 valence electrons. The maximum atomic E-state index is 11.9. The second-order valence-electron chi connectivity index (χ2n) is 5.43. The molecule has 0 aliphatic rings. The van der Waals surface area contributed by atoms with E-state index >= 15 is 0 Å². The van der Waals surface area contributed by atoms with Crippen LogP contribution in [0.4, 0.5) is 0 Å². The number of hydrogen-bond acceptors (Lipinski definition) is 3. The SMILES string of the molecule is CC(C)CCCCNC(=O)C(C(N)=NO)C(C)C. The zero-order chi connectivity index (χ0) is 14.1. The molecule has 4 N–H and O–H groups in total. The molecule has 0 fully saturated rings. The Morgan fingerprint density at radius 3 is 2.33 bits per heavy atom. The van der Waals surface area contributed by atoms with Crippen molar-refractivity contribution in [1.82, 2.24) is 5.32 Å². The Bertz CT molecular complexity index is 275. The van der Waals surface area contributed by atoms with Crippen molar-refractivity contribution in [3.05, 3.63) is 0 Å². The fourth-order valence-electron chi connectivity index (χ4n) is 1.84. The number of nitrogens with two attached hydrogens (primary N) is 1. The van der Waals surface area contributed by atoms with E-state index in [-0.39, 0.29) is 17.7 Å². The van der Waals surface area contributed by atoms with E-state index in [1.165, 1.54) is 6.42 Å². The lowest BCUT2D eigenvalue weighted by atomic mass is 9.94. The van der Waals surface area contributed by atoms with Crippen molar-refractivity contribution in [3.63, 3.8) is 0 Å². The maximum absolute atomic E-state index is 11.9. The molecule has 0 aromatic carbocycles. The predicted molar refractivity (Wildman–Crippen MR) is 73.4 cm³/mol. The highest BCUT2D eigenvalue weighted by Gasteiger charge is 2.26. The van der Waals surface area contributed by atoms with Crippen molar-refractivity contribution in [2.24, 2.45) is 28.6 Å². The average molecular weight is 257 g/mol. The number of nitrogens with zero attached hydrogens (tertiary/aromatic N) is 1. The molecule has 0 spiro atoms. The van der Waals surface area contributed by atoms with Crippen LogP contribution < -0.4 is 11.1 Å². The maximum Gasteiger partial charge on any atom is 0.231 e. The van der Waals surface area contributed by atoms with Gasteiger partial charge in [0, 0.05) is 6.54 Å². The van der Waals surface area contributed by atoms with Gasteiger partial charge in [-0.05, 0) is 18.3 Å². The zero-order valence-electron chi connectivity index (χ0n) is 11.9. The number of amidine groups is 1. The van der Waals surface area contributed by atoms with Crippen molar-refractivity contribution >= 4 is 11.7 Å². The molecule has 5 nitrogen and oxygen atoms in total. The Morgan fingerprint density at radius 1 is 1.28 bits per heavy atom. The molecule has 0 saturated heterocycles. The summed E-state index contributed by atoms with van der Waals surface area (Å²) >= 11 is 0. The summed E-state index contributed by atoms with van der Waals surface area (Å²) < 4.78 is 0. The topological polar surface area (TPSA) is 87.7 Å². The zero-order valence-corrected chi connectivity index (χ0v) is 11.9. The van der Waals surface area contributed by atoms with E-state index in [4.69, 9.17) is 10.9 Å². The van der Waals surface area contributed by atoms with Gasteiger partial charge in [-0.3, -0.25) is 4.79 Å². The summed E-state index contributed by atoms with van der Waals surface area (Å²) in [5, 5.41) is 14.4. The number of carbonyl (C=O) groups is 1. The van der Waals surface area contributed by atoms with Crippen LogP contribution in [0.5, 0.6) is 0 Å². The van der Waals surface area contributed by atoms with Crippen LogP contribution in [0.3, 0.4) is 0 Å². The molecule has 0 saturated carbocycles. The quantitative estimate of drug-likeness (QED) is 0.204. The van der Waals surface area contributed by atoms with Crippen LogP contribution >= 0.6 is 0 Å². The van der Waals surface area contributed by atoms with Gasteiger partial charge in [-0.15, -0.1) is 0 Å². The Labute approximate surface area is 110 Å². The van der Waals surface area contributed by atoms with Crippen molar-refractivity contribution in [1.29, 1.82) is 0 Å². The highest BCUT2D eigenvalue weighted by Crippen LogP contribution is 2.11. The number of hydrogen-bond donors (Lipinski definition) is 3. The van der Waals surface area contributed by atoms with Gasteiger partial charge in [-0.1, -0.05) is 45.7 Å². The van der Waals surface area contributed by atoms with E-state index in [0.29, 0.717) is 12.5 Å². The van der Waals surface area contributed by atoms with Crippen LogP contribution in [-0.4, -0.2) is 23.5 Å². The molecule has 0 aliphatic carbocycles. The molecule has 0 radical (unpaired) electrons. The standard InChI is InChI=1S/C13H27N3O2/c1-9(2)7-5-6-8-15-13(17)11(10(3)4)12(14)16-18/h9-11,18H,5-8H2,1-4H3,(H2,14,16)(H,15,17). The van der Waals surface area contributed by atoms with Gasteiger partial charge in [0.2, 0.25) is 5.91 Å². The summed E-state index contributed by atoms with van der Waals surface area (Å²) in [5.41, 5.74) is 5.53. The summed E-state index contributed by atoms with van der Waals surface area (Å²) in [7, 11) is 0. The smallest absolute Gasteiger partial charge is 0.231 e. The fourth-order valence-corrected chi connectivity index (χ4v) is 1.84. The fraction of sp³-hybridized carbons (Fsp3) is 0.846. The third-order valence-electron chi connectivity index (χ3n) is 2.89. The lowest BCUT2D eigenvalue weighted by Gasteiger charge is -2.18. The normalized spacial score (nSPS) is 14.0. The van der Waals surface area contributed by atoms with Gasteiger partial charge in [0.1, 0.15) is 5.92 Å². The van der Waals surface area contributed by atoms with Gasteiger partial charge >= 0.3 is 0 Å². The van der Waals surface area contributed by atoms with Crippen LogP contribution in [-0.2, 0) is 4.79 Å². The van der Waals surface area contributed by atoms with Gasteiger partial charge in [0.25, 0.3) is 0 Å². The van der Waals surface area contributed by atoms with Gasteiger partial charge in [0.05, 0.1) is 0 Å². The van der Waals surface area contributed by atoms with Gasteiger partial charge in [0.15, 0.2) is 5.84 Å². The van der Waals surface area contributed by atoms with Gasteiger partial charge < -0.3 is 16.3 Å². The molecule has 0 bridgehead atoms. The third kappa shape index (κ3) is 6.47. The summed E-state index contributed by atoms with van der Waals surface area (Å²) in [6, 6.07) is 0. The molecule has 0 aromatic heterocycles. The van der Waals surface area contributed by atoms with E-state index in [9.17, 15) is 4.79 Å². The number of unbranched alkanes of at least 4 members (excludes halogenated alkanes) is 1. The van der Waals surface area contributed by atoms with Crippen LogP contribution in [0, 0.1) is 17.8 Å². The first-order chi connectivity index (χ1) is 8.40. The summed E-state index contributed by atoms with van der Waals surface area (Å²) in [4.78, 5) is 11.9. The molecule has 1 atom stereocenters. The molecule has 0 aromatic rings. The summed E-state index contributed by atoms with van der Waals surface area (Å²) in [6.45, 7) is 8.77. The second kappa shape index (κ2) is 8.78. The van der Waals surface area contributed by atoms with Gasteiger partial charge in [-0.25, -0.2) is 0 Å². The molecule has 1 amide bonds. The first-order valence-electron chi connectivity index (χ1n) is 6.65. The van der Waals surface area contributed by atoms with Crippen LogP contribution in [0.1, 0.15) is 47.0 Å². The minimum atomic E-state index is -0.555. The van der Waals surface area contributed by atoms with Crippen LogP contribution in [0.25, 0.3) is 0 Å². The van der Waals surface area contributed by atoms with E-state index in [0.717, 1.165) is 12.8 Å². The third-order valence-corrected chi connectivity index (χ3v) is 2.89. The number of nitrogens with one attached hydrogen (secondary N) is 1. The van der Waals surface area contributed by atoms with Crippen molar-refractivity contribution < 1.29 is 10.0 Å². The highest BCUT2D eigenvalue weighted by atomic mass is 16.4. The van der Waals surface area contributed by atoms with Crippen LogP contribution in [0.2, 0.25) is 0 Å². The van der Waals surface area contributed by atoms with E-state index < -0.39 is 5.92 Å². The largest absolute Gasteiger partial charge is 0.409 e. The Kier molecular flexibility index (Phi) is 8.16. The number of rotatable bonds is 8. The lowest BCUT2D eigenvalue weighted by Crippen LogP contribution is -2.42. The Balaban J connectivity index is 4.05. The monoisotopic (exact) mass is 257 g/mol. The molecule has 0 heterocycles. The Morgan fingerprint density at radius 2 is 1.89 bits per heavy atom. The minimum Gasteiger partial charge on any atom is -0.409 e. The first-order valence-corrected chi connectivity index (χ1v) is 6.65. The van der Waals surface area contributed by atoms with E-state index in [2.05, 4.69) is 24.3 Å². The minimum absolute atomic E-state index is 0.0107. The predicted octanol–water partition coefficient (Wildman–Crippen LogP) is 1.95. The average Bonchev–Trinajstić information content (AvgIpc) is 2.27. The summed E-state index contributed by atoms with van der Waals surface area (Å²) in [6.07, 6.45) is 3.24. The first kappa shape index (κ1) is 16.7. The molecule has 0 rings (SSSR count). The summed E-state index contributed by atoms with van der Waals surface area (Å²) in [5.74, 6) is -0.0347. The molecule has 5 heteroatoms. The van der Waals surface area contributed by atoms with Crippen molar-refractivity contribution in [2.45, 2.75) is 47.0 Å². The van der Waals surface area contributed by atoms with E-state index in [1.807, 2.05) is 13.8 Å². The van der Waals surface area contributed by atoms with E-state index in [1.54, 1.807) is 0 Å². The number of oxime groups is 1. The molecular weight excluding hydrogens is 230 g/mol. The Hall–Kier alpha value is -1.26. The molecule has 0 aliphatic heterocycles. The van der Waals surface area contributed by atoms with Crippen molar-refractivity contribution in [2.75, 3.05) is 6.54 Å². The van der Waals surface area contributed by atoms with Crippen molar-refractivity contribution in [3.8, 4) is 0 Å². The number of carbonyl (C=O) groups excluding carboxylic acids is 1. The molecule has 18 heavy (non-hydrogen) atoms. The molecule has 1 unspecified atom stereocenters. The lowest BCUT2D eigenvalue weighted by molar-refractivity contribution is -0.124. The molecular formula is C13H27N3O2.